The van der Waals surface area contributed by atoms with Crippen molar-refractivity contribution in [3.8, 4) is 5.75 Å². The number of ether oxygens (including phenoxy) is 2. The van der Waals surface area contributed by atoms with Crippen molar-refractivity contribution in [2.24, 2.45) is 0 Å². The largest absolute Gasteiger partial charge is 0.496 e. The summed E-state index contributed by atoms with van der Waals surface area (Å²) in [6.45, 7) is 7.48. The Balaban J connectivity index is 1.46. The summed E-state index contributed by atoms with van der Waals surface area (Å²) in [5.74, 6) is 0.856. The van der Waals surface area contributed by atoms with Crippen LogP contribution in [-0.2, 0) is 24.2 Å². The number of methoxy groups -OCH3 is 1. The fraction of sp³-hybridized carbons (Fsp3) is 0.435. The van der Waals surface area contributed by atoms with Crippen molar-refractivity contribution in [2.45, 2.75) is 26.4 Å². The van der Waals surface area contributed by atoms with Gasteiger partial charge in [0.15, 0.2) is 0 Å². The first-order chi connectivity index (χ1) is 14.2. The normalized spacial score (nSPS) is 14.4. The molecule has 0 atom stereocenters. The highest BCUT2D eigenvalue weighted by atomic mass is 16.5. The molecule has 2 amide bonds. The molecule has 1 aliphatic heterocycles. The number of aryl methyl sites for hydroxylation is 1. The van der Waals surface area contributed by atoms with Crippen molar-refractivity contribution >= 4 is 6.03 Å². The van der Waals surface area contributed by atoms with Crippen LogP contribution in [0.25, 0.3) is 0 Å². The highest BCUT2D eigenvalue weighted by molar-refractivity contribution is 5.73. The van der Waals surface area contributed by atoms with E-state index in [-0.39, 0.29) is 6.03 Å². The van der Waals surface area contributed by atoms with Gasteiger partial charge in [-0.3, -0.25) is 4.90 Å². The van der Waals surface area contributed by atoms with E-state index >= 15 is 0 Å². The average molecular weight is 398 g/mol. The van der Waals surface area contributed by atoms with Crippen LogP contribution in [0.3, 0.4) is 0 Å². The third kappa shape index (κ3) is 6.48. The molecule has 0 unspecified atom stereocenters. The van der Waals surface area contributed by atoms with Gasteiger partial charge in [-0.05, 0) is 36.1 Å². The maximum absolute atomic E-state index is 12.2. The molecule has 2 aromatic rings. The van der Waals surface area contributed by atoms with E-state index in [1.165, 1.54) is 11.1 Å². The summed E-state index contributed by atoms with van der Waals surface area (Å²) >= 11 is 0. The Morgan fingerprint density at radius 2 is 1.83 bits per heavy atom. The van der Waals surface area contributed by atoms with Gasteiger partial charge in [-0.25, -0.2) is 4.79 Å². The third-order valence-corrected chi connectivity index (χ3v) is 5.17. The standard InChI is InChI=1S/C23H31N3O3/c1-18-7-8-22(28-2)19(15-18)9-10-24-23(27)25-16-20-5-3-4-6-21(20)17-26-11-13-29-14-12-26/h3-8,15H,9-14,16-17H2,1-2H3,(H2,24,25,27). The van der Waals surface area contributed by atoms with Crippen LogP contribution in [0.2, 0.25) is 0 Å². The number of urea groups is 1. The number of hydrogen-bond acceptors (Lipinski definition) is 4. The first-order valence-electron chi connectivity index (χ1n) is 10.2. The summed E-state index contributed by atoms with van der Waals surface area (Å²) in [6, 6.07) is 14.2. The molecular weight excluding hydrogens is 366 g/mol. The topological polar surface area (TPSA) is 62.8 Å². The van der Waals surface area contributed by atoms with E-state index in [0.29, 0.717) is 13.1 Å². The van der Waals surface area contributed by atoms with Crippen LogP contribution in [0.1, 0.15) is 22.3 Å². The van der Waals surface area contributed by atoms with E-state index < -0.39 is 0 Å². The molecule has 1 heterocycles. The van der Waals surface area contributed by atoms with Crippen LogP contribution in [-0.4, -0.2) is 50.9 Å². The number of benzene rings is 2. The van der Waals surface area contributed by atoms with Gasteiger partial charge in [-0.1, -0.05) is 42.0 Å². The van der Waals surface area contributed by atoms with Gasteiger partial charge in [-0.15, -0.1) is 0 Å². The van der Waals surface area contributed by atoms with Crippen LogP contribution < -0.4 is 15.4 Å². The van der Waals surface area contributed by atoms with Crippen molar-refractivity contribution < 1.29 is 14.3 Å². The minimum atomic E-state index is -0.155. The van der Waals surface area contributed by atoms with E-state index in [9.17, 15) is 4.79 Å². The smallest absolute Gasteiger partial charge is 0.315 e. The summed E-state index contributed by atoms with van der Waals surface area (Å²) < 4.78 is 10.8. The molecule has 6 heteroatoms. The number of morpholine rings is 1. The zero-order valence-corrected chi connectivity index (χ0v) is 17.4. The molecule has 1 aliphatic rings. The minimum absolute atomic E-state index is 0.155. The Hall–Kier alpha value is -2.57. The number of nitrogens with one attached hydrogen (secondary N) is 2. The Labute approximate surface area is 173 Å². The van der Waals surface area contributed by atoms with Gasteiger partial charge in [0.1, 0.15) is 5.75 Å². The van der Waals surface area contributed by atoms with Crippen LogP contribution in [0.15, 0.2) is 42.5 Å². The van der Waals surface area contributed by atoms with E-state index in [0.717, 1.165) is 56.1 Å². The van der Waals surface area contributed by atoms with Gasteiger partial charge in [-0.2, -0.15) is 0 Å². The third-order valence-electron chi connectivity index (χ3n) is 5.17. The molecule has 1 fully saturated rings. The van der Waals surface area contributed by atoms with Crippen LogP contribution in [0.5, 0.6) is 5.75 Å². The van der Waals surface area contributed by atoms with Crippen molar-refractivity contribution in [3.63, 3.8) is 0 Å². The van der Waals surface area contributed by atoms with E-state index in [4.69, 9.17) is 9.47 Å². The molecule has 0 radical (unpaired) electrons. The first kappa shape index (κ1) is 21.1. The predicted octanol–water partition coefficient (Wildman–Crippen LogP) is 2.88. The van der Waals surface area contributed by atoms with Gasteiger partial charge in [0.05, 0.1) is 20.3 Å². The number of amides is 2. The van der Waals surface area contributed by atoms with Crippen LogP contribution in [0, 0.1) is 6.92 Å². The van der Waals surface area contributed by atoms with Gasteiger partial charge in [0, 0.05) is 32.7 Å². The van der Waals surface area contributed by atoms with Gasteiger partial charge >= 0.3 is 6.03 Å². The van der Waals surface area contributed by atoms with Gasteiger partial charge < -0.3 is 20.1 Å². The fourth-order valence-corrected chi connectivity index (χ4v) is 3.54. The zero-order chi connectivity index (χ0) is 20.5. The molecule has 0 aliphatic carbocycles. The van der Waals surface area contributed by atoms with Crippen molar-refractivity contribution in [3.05, 3.63) is 64.7 Å². The molecule has 2 N–H and O–H groups in total. The fourth-order valence-electron chi connectivity index (χ4n) is 3.54. The lowest BCUT2D eigenvalue weighted by Gasteiger charge is -2.27. The molecule has 6 nitrogen and oxygen atoms in total. The first-order valence-corrected chi connectivity index (χ1v) is 10.2. The molecule has 0 aromatic heterocycles. The molecular formula is C23H31N3O3. The highest BCUT2D eigenvalue weighted by Crippen LogP contribution is 2.19. The van der Waals surface area contributed by atoms with Crippen molar-refractivity contribution in [1.82, 2.24) is 15.5 Å². The summed E-state index contributed by atoms with van der Waals surface area (Å²) in [7, 11) is 1.67. The van der Waals surface area contributed by atoms with Gasteiger partial charge in [0.25, 0.3) is 0 Å². The number of rotatable bonds is 8. The Bertz CT molecular complexity index is 804. The second-order valence-electron chi connectivity index (χ2n) is 7.33. The number of carbonyl (C=O) groups is 1. The quantitative estimate of drug-likeness (QED) is 0.719. The van der Waals surface area contributed by atoms with Crippen LogP contribution in [0.4, 0.5) is 4.79 Å². The second-order valence-corrected chi connectivity index (χ2v) is 7.33. The van der Waals surface area contributed by atoms with Crippen LogP contribution >= 0.6 is 0 Å². The maximum atomic E-state index is 12.2. The number of carbonyl (C=O) groups excluding carboxylic acids is 1. The molecule has 0 bridgehead atoms. The molecule has 2 aromatic carbocycles. The van der Waals surface area contributed by atoms with E-state index in [2.05, 4.69) is 46.7 Å². The molecule has 0 spiro atoms. The van der Waals surface area contributed by atoms with Crippen molar-refractivity contribution in [1.29, 1.82) is 0 Å². The van der Waals surface area contributed by atoms with Gasteiger partial charge in [0.2, 0.25) is 0 Å². The second kappa shape index (κ2) is 10.8. The lowest BCUT2D eigenvalue weighted by molar-refractivity contribution is 0.0341. The summed E-state index contributed by atoms with van der Waals surface area (Å²) in [4.78, 5) is 14.6. The summed E-state index contributed by atoms with van der Waals surface area (Å²) in [5.41, 5.74) is 4.68. The summed E-state index contributed by atoms with van der Waals surface area (Å²) in [5, 5.41) is 5.92. The van der Waals surface area contributed by atoms with E-state index in [1.807, 2.05) is 18.2 Å². The SMILES string of the molecule is COc1ccc(C)cc1CCNC(=O)NCc1ccccc1CN1CCOCC1. The lowest BCUT2D eigenvalue weighted by atomic mass is 10.1. The number of hydrogen-bond donors (Lipinski definition) is 2. The monoisotopic (exact) mass is 397 g/mol. The lowest BCUT2D eigenvalue weighted by Crippen LogP contribution is -2.37. The van der Waals surface area contributed by atoms with Crippen molar-refractivity contribution in [2.75, 3.05) is 40.0 Å². The number of nitrogens with zero attached hydrogens (tertiary/aromatic N) is 1. The predicted molar refractivity (Wildman–Crippen MR) is 114 cm³/mol. The molecule has 156 valence electrons. The molecule has 0 saturated carbocycles. The maximum Gasteiger partial charge on any atom is 0.315 e. The molecule has 3 rings (SSSR count). The summed E-state index contributed by atoms with van der Waals surface area (Å²) in [6.07, 6.45) is 0.728. The minimum Gasteiger partial charge on any atom is -0.496 e. The Morgan fingerprint density at radius 3 is 2.59 bits per heavy atom. The highest BCUT2D eigenvalue weighted by Gasteiger charge is 2.13. The van der Waals surface area contributed by atoms with E-state index in [1.54, 1.807) is 7.11 Å². The molecule has 1 saturated heterocycles. The Kier molecular flexibility index (Phi) is 7.90. The Morgan fingerprint density at radius 1 is 1.07 bits per heavy atom. The average Bonchev–Trinajstić information content (AvgIpc) is 2.74. The molecule has 29 heavy (non-hydrogen) atoms. The zero-order valence-electron chi connectivity index (χ0n) is 17.4.